The molecular weight excluding hydrogens is 1140 g/mol. The van der Waals surface area contributed by atoms with Crippen LogP contribution in [0.25, 0.3) is 0 Å². The smallest absolute Gasteiger partial charge is 0.462 e. The maximum absolute atomic E-state index is 13.0. The van der Waals surface area contributed by atoms with Crippen molar-refractivity contribution < 1.29 is 80.2 Å². The predicted octanol–water partition coefficient (Wildman–Crippen LogP) is 18.7. The highest BCUT2D eigenvalue weighted by Gasteiger charge is 2.30. The second kappa shape index (κ2) is 58.2. The average Bonchev–Trinajstić information content (AvgIpc) is 3.69. The Morgan fingerprint density at radius 2 is 0.593 bits per heavy atom. The van der Waals surface area contributed by atoms with E-state index in [0.717, 1.165) is 120 Å². The van der Waals surface area contributed by atoms with Crippen LogP contribution in [0.2, 0.25) is 0 Å². The van der Waals surface area contributed by atoms with Crippen molar-refractivity contribution in [2.45, 2.75) is 349 Å². The lowest BCUT2D eigenvalue weighted by atomic mass is 9.99. The van der Waals surface area contributed by atoms with Gasteiger partial charge in [0, 0.05) is 25.7 Å². The lowest BCUT2D eigenvalue weighted by Crippen LogP contribution is -2.30. The van der Waals surface area contributed by atoms with Crippen molar-refractivity contribution in [1.82, 2.24) is 0 Å². The molecule has 0 amide bonds. The number of carbonyl (C=O) groups is 4. The van der Waals surface area contributed by atoms with E-state index in [4.69, 9.17) is 37.0 Å². The molecule has 0 aliphatic heterocycles. The first-order valence-electron chi connectivity index (χ1n) is 34.9. The third-order valence-electron chi connectivity index (χ3n) is 15.7. The highest BCUT2D eigenvalue weighted by atomic mass is 31.2. The largest absolute Gasteiger partial charge is 0.472 e. The van der Waals surface area contributed by atoms with Gasteiger partial charge in [-0.15, -0.1) is 0 Å². The fourth-order valence-corrected chi connectivity index (χ4v) is 11.6. The number of aliphatic hydroxyl groups excluding tert-OH is 1. The summed E-state index contributed by atoms with van der Waals surface area (Å²) in [4.78, 5) is 72.3. The Morgan fingerprint density at radius 3 is 0.884 bits per heavy atom. The van der Waals surface area contributed by atoms with Crippen molar-refractivity contribution in [1.29, 1.82) is 0 Å². The number of phosphoric ester groups is 2. The van der Waals surface area contributed by atoms with Crippen LogP contribution < -0.4 is 0 Å². The van der Waals surface area contributed by atoms with Crippen molar-refractivity contribution in [3.05, 3.63) is 0 Å². The van der Waals surface area contributed by atoms with Crippen LogP contribution in [0.3, 0.4) is 0 Å². The molecule has 0 rings (SSSR count). The van der Waals surface area contributed by atoms with E-state index in [2.05, 4.69) is 48.5 Å². The van der Waals surface area contributed by atoms with E-state index >= 15 is 0 Å². The summed E-state index contributed by atoms with van der Waals surface area (Å²) in [6.45, 7) is 11.8. The molecule has 0 bridgehead atoms. The maximum atomic E-state index is 13.0. The molecule has 0 fully saturated rings. The molecule has 0 saturated carbocycles. The number of unbranched alkanes of at least 4 members (excludes halogenated alkanes) is 32. The first-order chi connectivity index (χ1) is 41.3. The minimum absolute atomic E-state index is 0.104. The van der Waals surface area contributed by atoms with Gasteiger partial charge in [0.15, 0.2) is 12.2 Å². The number of aliphatic hydroxyl groups is 1. The van der Waals surface area contributed by atoms with Crippen LogP contribution in [0.4, 0.5) is 0 Å². The standard InChI is InChI=1S/C67H130O17P2/c1-8-10-11-12-24-34-41-48-64(69)77-54-62(84-67(72)51-44-37-30-22-20-26-32-39-46-59(5)6)56-81-85(73,74)79-52-61(68)53-80-86(75,76)82-57-63(55-78-65(70)49-42-35-28-23-21-27-33-40-47-60(7)9-2)83-66(71)50-43-36-29-19-17-15-13-14-16-18-25-31-38-45-58(3)4/h58-63,68H,8-57H2,1-7H3,(H,73,74)(H,75,76)/t60?,61-,62+,63+/m0/s1. The quantitative estimate of drug-likeness (QED) is 0.0222. The second-order valence-corrected chi connectivity index (χ2v) is 28.3. The van der Waals surface area contributed by atoms with E-state index in [0.29, 0.717) is 25.7 Å². The van der Waals surface area contributed by atoms with Gasteiger partial charge in [0.05, 0.1) is 26.4 Å². The van der Waals surface area contributed by atoms with Gasteiger partial charge in [0.25, 0.3) is 0 Å². The number of rotatable bonds is 65. The van der Waals surface area contributed by atoms with Gasteiger partial charge in [-0.25, -0.2) is 9.13 Å². The molecule has 0 aromatic carbocycles. The van der Waals surface area contributed by atoms with Gasteiger partial charge in [-0.1, -0.05) is 280 Å². The Kier molecular flexibility index (Phi) is 56.9. The van der Waals surface area contributed by atoms with Crippen LogP contribution in [-0.4, -0.2) is 96.7 Å². The molecule has 0 aromatic heterocycles. The van der Waals surface area contributed by atoms with E-state index in [1.54, 1.807) is 0 Å². The molecular formula is C67H130O17P2. The third kappa shape index (κ3) is 59.7. The summed E-state index contributed by atoms with van der Waals surface area (Å²) in [6.07, 6.45) is 40.4. The summed E-state index contributed by atoms with van der Waals surface area (Å²) >= 11 is 0. The van der Waals surface area contributed by atoms with Crippen molar-refractivity contribution in [2.75, 3.05) is 39.6 Å². The second-order valence-electron chi connectivity index (χ2n) is 25.4. The van der Waals surface area contributed by atoms with Crippen LogP contribution in [0, 0.1) is 17.8 Å². The number of phosphoric acid groups is 2. The minimum Gasteiger partial charge on any atom is -0.462 e. The molecule has 0 aromatic rings. The van der Waals surface area contributed by atoms with Crippen LogP contribution >= 0.6 is 15.6 Å². The van der Waals surface area contributed by atoms with Crippen LogP contribution in [-0.2, 0) is 65.4 Å². The van der Waals surface area contributed by atoms with Gasteiger partial charge in [-0.05, 0) is 43.4 Å². The van der Waals surface area contributed by atoms with E-state index in [1.807, 2.05) is 0 Å². The zero-order chi connectivity index (χ0) is 63.8. The molecule has 3 N–H and O–H groups in total. The van der Waals surface area contributed by atoms with E-state index in [1.165, 1.54) is 128 Å². The Morgan fingerprint density at radius 1 is 0.337 bits per heavy atom. The molecule has 510 valence electrons. The monoisotopic (exact) mass is 1270 g/mol. The van der Waals surface area contributed by atoms with Gasteiger partial charge in [-0.3, -0.25) is 37.3 Å². The lowest BCUT2D eigenvalue weighted by molar-refractivity contribution is -0.161. The molecule has 0 spiro atoms. The Balaban J connectivity index is 5.22. The van der Waals surface area contributed by atoms with Gasteiger partial charge in [0.1, 0.15) is 19.3 Å². The maximum Gasteiger partial charge on any atom is 0.472 e. The van der Waals surface area contributed by atoms with E-state index in [9.17, 15) is 43.2 Å². The van der Waals surface area contributed by atoms with Gasteiger partial charge in [0.2, 0.25) is 0 Å². The molecule has 0 aliphatic carbocycles. The fraction of sp³-hybridized carbons (Fsp3) is 0.940. The predicted molar refractivity (Wildman–Crippen MR) is 344 cm³/mol. The summed E-state index contributed by atoms with van der Waals surface area (Å²) in [6, 6.07) is 0. The molecule has 17 nitrogen and oxygen atoms in total. The highest BCUT2D eigenvalue weighted by Crippen LogP contribution is 2.45. The number of hydrogen-bond donors (Lipinski definition) is 3. The first kappa shape index (κ1) is 84.1. The Hall–Kier alpha value is -1.94. The van der Waals surface area contributed by atoms with Gasteiger partial charge >= 0.3 is 39.5 Å². The van der Waals surface area contributed by atoms with Crippen molar-refractivity contribution >= 4 is 39.5 Å². The SMILES string of the molecule is CCCCCCCCCC(=O)OC[C@H](COP(=O)(O)OC[C@H](O)COP(=O)(O)OC[C@@H](COC(=O)CCCCCCCCCCC(C)CC)OC(=O)CCCCCCCCCCCCCCCC(C)C)OC(=O)CCCCCCCCCCC(C)C. The summed E-state index contributed by atoms with van der Waals surface area (Å²) in [5.41, 5.74) is 0. The van der Waals surface area contributed by atoms with Crippen LogP contribution in [0.1, 0.15) is 331 Å². The molecule has 0 heterocycles. The average molecular weight is 1270 g/mol. The molecule has 0 aliphatic rings. The van der Waals surface area contributed by atoms with Crippen molar-refractivity contribution in [2.24, 2.45) is 17.8 Å². The zero-order valence-electron chi connectivity index (χ0n) is 55.8. The molecule has 0 radical (unpaired) electrons. The summed E-state index contributed by atoms with van der Waals surface area (Å²) < 4.78 is 68.1. The number of carbonyl (C=O) groups excluding carboxylic acids is 4. The van der Waals surface area contributed by atoms with Gasteiger partial charge in [-0.2, -0.15) is 0 Å². The molecule has 86 heavy (non-hydrogen) atoms. The summed E-state index contributed by atoms with van der Waals surface area (Å²) in [7, 11) is -9.89. The normalized spacial score (nSPS) is 14.6. The van der Waals surface area contributed by atoms with Gasteiger partial charge < -0.3 is 33.8 Å². The summed E-state index contributed by atoms with van der Waals surface area (Å²) in [5, 5.41) is 10.5. The van der Waals surface area contributed by atoms with E-state index in [-0.39, 0.29) is 25.7 Å². The highest BCUT2D eigenvalue weighted by molar-refractivity contribution is 7.47. The fourth-order valence-electron chi connectivity index (χ4n) is 9.98. The minimum atomic E-state index is -4.95. The number of hydrogen-bond acceptors (Lipinski definition) is 15. The lowest BCUT2D eigenvalue weighted by Gasteiger charge is -2.21. The Bertz CT molecular complexity index is 1700. The van der Waals surface area contributed by atoms with Crippen LogP contribution in [0.15, 0.2) is 0 Å². The molecule has 0 saturated heterocycles. The molecule has 3 unspecified atom stereocenters. The number of esters is 4. The summed E-state index contributed by atoms with van der Waals surface area (Å²) in [5.74, 6) is 0.146. The topological polar surface area (TPSA) is 237 Å². The van der Waals surface area contributed by atoms with E-state index < -0.39 is 97.5 Å². The van der Waals surface area contributed by atoms with Crippen molar-refractivity contribution in [3.8, 4) is 0 Å². The third-order valence-corrected chi connectivity index (χ3v) is 17.6. The van der Waals surface area contributed by atoms with Crippen LogP contribution in [0.5, 0.6) is 0 Å². The Labute approximate surface area is 524 Å². The zero-order valence-corrected chi connectivity index (χ0v) is 57.6. The molecule has 19 heteroatoms. The molecule has 6 atom stereocenters. The van der Waals surface area contributed by atoms with Crippen molar-refractivity contribution in [3.63, 3.8) is 0 Å². The number of ether oxygens (including phenoxy) is 4. The first-order valence-corrected chi connectivity index (χ1v) is 37.9.